The van der Waals surface area contributed by atoms with Gasteiger partial charge in [-0.2, -0.15) is 4.98 Å². The highest BCUT2D eigenvalue weighted by atomic mass is 35.5. The van der Waals surface area contributed by atoms with Crippen LogP contribution in [0.25, 0.3) is 22.4 Å². The molecular formula is C23H19ClFN5O2. The largest absolute Gasteiger partial charge is 0.355 e. The third kappa shape index (κ3) is 4.01. The molecule has 1 aliphatic rings. The van der Waals surface area contributed by atoms with Gasteiger partial charge in [0.1, 0.15) is 29.0 Å². The molecule has 1 atom stereocenters. The molecule has 0 bridgehead atoms. The Labute approximate surface area is 188 Å². The van der Waals surface area contributed by atoms with E-state index in [-0.39, 0.29) is 17.6 Å². The summed E-state index contributed by atoms with van der Waals surface area (Å²) in [6.07, 6.45) is 3.04. The molecule has 1 fully saturated rings. The van der Waals surface area contributed by atoms with E-state index in [1.807, 2.05) is 0 Å². The molecular weight excluding hydrogens is 433 g/mol. The predicted octanol–water partition coefficient (Wildman–Crippen LogP) is 4.93. The van der Waals surface area contributed by atoms with Crippen molar-refractivity contribution in [1.82, 2.24) is 15.1 Å². The first-order valence-electron chi connectivity index (χ1n) is 10.3. The number of hydrogen-bond donors (Lipinski definition) is 1. The summed E-state index contributed by atoms with van der Waals surface area (Å²) in [5.41, 5.74) is 2.30. The lowest BCUT2D eigenvalue weighted by Gasteiger charge is -2.33. The molecule has 32 heavy (non-hydrogen) atoms. The fourth-order valence-electron chi connectivity index (χ4n) is 3.98. The van der Waals surface area contributed by atoms with Crippen molar-refractivity contribution in [3.63, 3.8) is 0 Å². The van der Waals surface area contributed by atoms with Crippen molar-refractivity contribution >= 4 is 40.1 Å². The highest BCUT2D eigenvalue weighted by Crippen LogP contribution is 2.35. The summed E-state index contributed by atoms with van der Waals surface area (Å²) in [5, 5.41) is 8.38. The average molecular weight is 452 g/mol. The second-order valence-electron chi connectivity index (χ2n) is 7.70. The van der Waals surface area contributed by atoms with Crippen molar-refractivity contribution in [2.45, 2.75) is 12.8 Å². The fourth-order valence-corrected chi connectivity index (χ4v) is 4.10. The summed E-state index contributed by atoms with van der Waals surface area (Å²) in [5.74, 6) is 0.0631. The van der Waals surface area contributed by atoms with Crippen LogP contribution in [0.2, 0.25) is 5.02 Å². The van der Waals surface area contributed by atoms with Crippen LogP contribution >= 0.6 is 11.6 Å². The molecule has 0 unspecified atom stereocenters. The van der Waals surface area contributed by atoms with Crippen LogP contribution in [0.3, 0.4) is 0 Å². The van der Waals surface area contributed by atoms with E-state index in [1.54, 1.807) is 36.4 Å². The SMILES string of the molecule is O=C(Nc1ccc(Cl)cc1)[C@@H]1CCCN(c2ncnc3onc(-c4ccc(F)cc4)c23)C1. The smallest absolute Gasteiger partial charge is 0.263 e. The molecule has 1 amide bonds. The van der Waals surface area contributed by atoms with Gasteiger partial charge in [0.2, 0.25) is 5.91 Å². The highest BCUT2D eigenvalue weighted by Gasteiger charge is 2.29. The molecule has 7 nitrogen and oxygen atoms in total. The first-order chi connectivity index (χ1) is 15.6. The second kappa shape index (κ2) is 8.55. The Morgan fingerprint density at radius 2 is 1.91 bits per heavy atom. The standard InChI is InChI=1S/C23H19ClFN5O2/c24-16-5-9-18(10-6-16)28-22(31)15-2-1-11-30(12-15)21-19-20(14-3-7-17(25)8-4-14)29-32-23(19)27-13-26-21/h3-10,13,15H,1-2,11-12H2,(H,28,31)/t15-/m1/s1. The van der Waals surface area contributed by atoms with E-state index in [9.17, 15) is 9.18 Å². The van der Waals surface area contributed by atoms with Crippen LogP contribution in [-0.4, -0.2) is 34.1 Å². The summed E-state index contributed by atoms with van der Waals surface area (Å²) < 4.78 is 18.8. The number of nitrogens with zero attached hydrogens (tertiary/aromatic N) is 4. The van der Waals surface area contributed by atoms with E-state index >= 15 is 0 Å². The van der Waals surface area contributed by atoms with Crippen molar-refractivity contribution in [2.24, 2.45) is 5.92 Å². The number of amides is 1. The molecule has 3 heterocycles. The maximum absolute atomic E-state index is 13.4. The van der Waals surface area contributed by atoms with Gasteiger partial charge in [-0.05, 0) is 61.4 Å². The predicted molar refractivity (Wildman–Crippen MR) is 120 cm³/mol. The number of carbonyl (C=O) groups is 1. The highest BCUT2D eigenvalue weighted by molar-refractivity contribution is 6.30. The molecule has 1 N–H and O–H groups in total. The molecule has 2 aromatic carbocycles. The Hall–Kier alpha value is -3.52. The molecule has 0 radical (unpaired) electrons. The summed E-state index contributed by atoms with van der Waals surface area (Å²) in [7, 11) is 0. The average Bonchev–Trinajstić information content (AvgIpc) is 3.25. The number of anilines is 2. The van der Waals surface area contributed by atoms with E-state index in [2.05, 4.69) is 25.3 Å². The maximum Gasteiger partial charge on any atom is 0.263 e. The van der Waals surface area contributed by atoms with Gasteiger partial charge >= 0.3 is 0 Å². The molecule has 1 saturated heterocycles. The quantitative estimate of drug-likeness (QED) is 0.473. The van der Waals surface area contributed by atoms with Crippen LogP contribution in [0.4, 0.5) is 15.9 Å². The lowest BCUT2D eigenvalue weighted by molar-refractivity contribution is -0.120. The van der Waals surface area contributed by atoms with Crippen molar-refractivity contribution in [3.05, 3.63) is 65.7 Å². The number of aromatic nitrogens is 3. The van der Waals surface area contributed by atoms with Crippen LogP contribution < -0.4 is 10.2 Å². The van der Waals surface area contributed by atoms with Crippen LogP contribution in [0.15, 0.2) is 59.4 Å². The van der Waals surface area contributed by atoms with Gasteiger partial charge in [0, 0.05) is 29.4 Å². The third-order valence-electron chi connectivity index (χ3n) is 5.57. The van der Waals surface area contributed by atoms with Gasteiger partial charge in [-0.25, -0.2) is 9.37 Å². The Balaban J connectivity index is 1.42. The van der Waals surface area contributed by atoms with E-state index in [0.29, 0.717) is 45.4 Å². The Morgan fingerprint density at radius 3 is 2.69 bits per heavy atom. The number of benzene rings is 2. The summed E-state index contributed by atoms with van der Waals surface area (Å²) >= 11 is 5.92. The van der Waals surface area contributed by atoms with Crippen molar-refractivity contribution in [1.29, 1.82) is 0 Å². The maximum atomic E-state index is 13.4. The molecule has 1 aliphatic heterocycles. The zero-order chi connectivity index (χ0) is 22.1. The molecule has 4 aromatic rings. The van der Waals surface area contributed by atoms with Gasteiger partial charge in [-0.15, -0.1) is 0 Å². The molecule has 9 heteroatoms. The molecule has 0 spiro atoms. The van der Waals surface area contributed by atoms with Crippen LogP contribution in [0.5, 0.6) is 0 Å². The van der Waals surface area contributed by atoms with Crippen LogP contribution in [0, 0.1) is 11.7 Å². The van der Waals surface area contributed by atoms with E-state index < -0.39 is 0 Å². The first kappa shape index (κ1) is 20.4. The summed E-state index contributed by atoms with van der Waals surface area (Å²) in [6.45, 7) is 1.24. The topological polar surface area (TPSA) is 84.2 Å². The minimum absolute atomic E-state index is 0.0496. The fraction of sp³-hybridized carbons (Fsp3) is 0.217. The van der Waals surface area contributed by atoms with Gasteiger partial charge in [0.15, 0.2) is 0 Å². The first-order valence-corrected chi connectivity index (χ1v) is 10.6. The van der Waals surface area contributed by atoms with Crippen LogP contribution in [-0.2, 0) is 4.79 Å². The Morgan fingerprint density at radius 1 is 1.12 bits per heavy atom. The lowest BCUT2D eigenvalue weighted by Crippen LogP contribution is -2.41. The van der Waals surface area contributed by atoms with Crippen molar-refractivity contribution in [3.8, 4) is 11.3 Å². The van der Waals surface area contributed by atoms with Crippen LogP contribution in [0.1, 0.15) is 12.8 Å². The third-order valence-corrected chi connectivity index (χ3v) is 5.83. The summed E-state index contributed by atoms with van der Waals surface area (Å²) in [6, 6.07) is 13.1. The monoisotopic (exact) mass is 451 g/mol. The van der Waals surface area contributed by atoms with E-state index in [4.69, 9.17) is 16.1 Å². The minimum Gasteiger partial charge on any atom is -0.355 e. The van der Waals surface area contributed by atoms with E-state index in [0.717, 1.165) is 19.4 Å². The lowest BCUT2D eigenvalue weighted by atomic mass is 9.96. The molecule has 0 saturated carbocycles. The number of carbonyl (C=O) groups excluding carboxylic acids is 1. The number of piperidine rings is 1. The number of hydrogen-bond acceptors (Lipinski definition) is 6. The zero-order valence-electron chi connectivity index (χ0n) is 17.0. The number of halogens is 2. The molecule has 5 rings (SSSR count). The second-order valence-corrected chi connectivity index (χ2v) is 8.13. The molecule has 0 aliphatic carbocycles. The van der Waals surface area contributed by atoms with Gasteiger partial charge in [0.25, 0.3) is 5.71 Å². The normalized spacial score (nSPS) is 16.3. The van der Waals surface area contributed by atoms with Gasteiger partial charge in [-0.3, -0.25) is 4.79 Å². The summed E-state index contributed by atoms with van der Waals surface area (Å²) in [4.78, 5) is 23.6. The number of rotatable bonds is 4. The van der Waals surface area contributed by atoms with Crippen molar-refractivity contribution < 1.29 is 13.7 Å². The van der Waals surface area contributed by atoms with Gasteiger partial charge < -0.3 is 14.7 Å². The van der Waals surface area contributed by atoms with Crippen molar-refractivity contribution in [2.75, 3.05) is 23.3 Å². The number of nitrogens with one attached hydrogen (secondary N) is 1. The van der Waals surface area contributed by atoms with Gasteiger partial charge in [0.05, 0.1) is 5.92 Å². The zero-order valence-corrected chi connectivity index (χ0v) is 17.7. The Kier molecular flexibility index (Phi) is 5.45. The minimum atomic E-state index is -0.330. The van der Waals surface area contributed by atoms with Gasteiger partial charge in [-0.1, -0.05) is 16.8 Å². The number of fused-ring (bicyclic) bond motifs is 1. The molecule has 2 aromatic heterocycles. The molecule has 162 valence electrons. The van der Waals surface area contributed by atoms with E-state index in [1.165, 1.54) is 18.5 Å². The Bertz CT molecular complexity index is 1260.